The molecule has 0 radical (unpaired) electrons. The molecule has 5 heteroatoms. The van der Waals surface area contributed by atoms with Gasteiger partial charge in [-0.2, -0.15) is 0 Å². The third-order valence-electron chi connectivity index (χ3n) is 7.73. The zero-order valence-corrected chi connectivity index (χ0v) is 21.1. The maximum atomic E-state index is 11.2. The summed E-state index contributed by atoms with van der Waals surface area (Å²) >= 11 is 0. The summed E-state index contributed by atoms with van der Waals surface area (Å²) in [6.45, 7) is 13.4. The third kappa shape index (κ3) is 4.91. The number of carboxylic acids is 1. The standard InChI is InChI=1S/C29H38N2O3/c1-28(2)12-13-29(3,4)26-23(28)18-22(19-24(26)31-16-14-30(5)15-17-31)25(32)11-8-20-6-9-21(10-7-20)27(33)34/h6-11,18-19,25,32H,12-17H2,1-5H3,(H,33,34)/b11-8+. The first-order valence-corrected chi connectivity index (χ1v) is 12.3. The second-order valence-corrected chi connectivity index (χ2v) is 11.3. The molecule has 0 saturated carbocycles. The summed E-state index contributed by atoms with van der Waals surface area (Å²) in [5.41, 5.74) is 6.25. The number of anilines is 1. The summed E-state index contributed by atoms with van der Waals surface area (Å²) in [4.78, 5) is 16.0. The number of piperazine rings is 1. The van der Waals surface area contributed by atoms with Crippen LogP contribution in [0.1, 0.15) is 79.3 Å². The maximum Gasteiger partial charge on any atom is 0.335 e. The highest BCUT2D eigenvalue weighted by molar-refractivity contribution is 5.87. The lowest BCUT2D eigenvalue weighted by Crippen LogP contribution is -2.46. The molecule has 0 bridgehead atoms. The molecule has 4 rings (SSSR count). The van der Waals surface area contributed by atoms with Crippen LogP contribution in [-0.4, -0.2) is 54.3 Å². The fraction of sp³-hybridized carbons (Fsp3) is 0.483. The Bertz CT molecular complexity index is 1080. The molecule has 1 saturated heterocycles. The maximum absolute atomic E-state index is 11.2. The Morgan fingerprint density at radius 2 is 1.59 bits per heavy atom. The Balaban J connectivity index is 1.72. The average Bonchev–Trinajstić information content (AvgIpc) is 2.80. The molecule has 5 nitrogen and oxygen atoms in total. The van der Waals surface area contributed by atoms with Gasteiger partial charge in [-0.25, -0.2) is 4.79 Å². The van der Waals surface area contributed by atoms with Crippen LogP contribution in [0.25, 0.3) is 6.08 Å². The molecule has 0 spiro atoms. The molecule has 182 valence electrons. The van der Waals surface area contributed by atoms with Crippen LogP contribution in [0.3, 0.4) is 0 Å². The predicted molar refractivity (Wildman–Crippen MR) is 139 cm³/mol. The molecule has 1 atom stereocenters. The predicted octanol–water partition coefficient (Wildman–Crippen LogP) is 5.23. The zero-order chi connectivity index (χ0) is 24.7. The van der Waals surface area contributed by atoms with E-state index in [2.05, 4.69) is 56.7 Å². The van der Waals surface area contributed by atoms with Crippen molar-refractivity contribution >= 4 is 17.7 Å². The van der Waals surface area contributed by atoms with E-state index in [0.717, 1.165) is 50.1 Å². The largest absolute Gasteiger partial charge is 0.478 e. The Morgan fingerprint density at radius 3 is 2.21 bits per heavy atom. The number of fused-ring (bicyclic) bond motifs is 1. The SMILES string of the molecule is CN1CCN(c2cc(C(O)/C=C/c3ccc(C(=O)O)cc3)cc3c2C(C)(C)CCC3(C)C)CC1. The monoisotopic (exact) mass is 462 g/mol. The fourth-order valence-corrected chi connectivity index (χ4v) is 5.30. The Morgan fingerprint density at radius 1 is 0.971 bits per heavy atom. The molecule has 1 unspecified atom stereocenters. The highest BCUT2D eigenvalue weighted by atomic mass is 16.4. The van der Waals surface area contributed by atoms with Gasteiger partial charge < -0.3 is 20.0 Å². The van der Waals surface area contributed by atoms with Crippen molar-refractivity contribution < 1.29 is 15.0 Å². The minimum Gasteiger partial charge on any atom is -0.478 e. The molecular weight excluding hydrogens is 424 g/mol. The van der Waals surface area contributed by atoms with Crippen molar-refractivity contribution in [2.24, 2.45) is 0 Å². The van der Waals surface area contributed by atoms with E-state index in [4.69, 9.17) is 5.11 Å². The number of likely N-dealkylation sites (N-methyl/N-ethyl adjacent to an activating group) is 1. The van der Waals surface area contributed by atoms with Gasteiger partial charge in [0.1, 0.15) is 0 Å². The van der Waals surface area contributed by atoms with Crippen LogP contribution in [0.15, 0.2) is 42.5 Å². The zero-order valence-electron chi connectivity index (χ0n) is 21.1. The molecule has 2 N–H and O–H groups in total. The smallest absolute Gasteiger partial charge is 0.335 e. The van der Waals surface area contributed by atoms with E-state index in [-0.39, 0.29) is 16.4 Å². The minimum atomic E-state index is -0.938. The molecule has 1 aliphatic carbocycles. The first-order valence-electron chi connectivity index (χ1n) is 12.3. The van der Waals surface area contributed by atoms with Crippen molar-refractivity contribution in [3.63, 3.8) is 0 Å². The molecule has 0 amide bonds. The fourth-order valence-electron chi connectivity index (χ4n) is 5.30. The molecular formula is C29H38N2O3. The van der Waals surface area contributed by atoms with Gasteiger partial charge in [0.05, 0.1) is 11.7 Å². The second kappa shape index (κ2) is 9.20. The summed E-state index contributed by atoms with van der Waals surface area (Å²) in [5.74, 6) is -0.938. The van der Waals surface area contributed by atoms with E-state index in [9.17, 15) is 9.90 Å². The first-order chi connectivity index (χ1) is 16.0. The number of benzene rings is 2. The van der Waals surface area contributed by atoms with Crippen LogP contribution in [0.4, 0.5) is 5.69 Å². The van der Waals surface area contributed by atoms with E-state index in [1.54, 1.807) is 30.3 Å². The molecule has 0 aromatic heterocycles. The van der Waals surface area contributed by atoms with Crippen LogP contribution in [-0.2, 0) is 10.8 Å². The summed E-state index contributed by atoms with van der Waals surface area (Å²) in [6, 6.07) is 11.1. The number of hydrogen-bond donors (Lipinski definition) is 2. The molecule has 2 aromatic carbocycles. The quantitative estimate of drug-likeness (QED) is 0.637. The second-order valence-electron chi connectivity index (χ2n) is 11.3. The van der Waals surface area contributed by atoms with Gasteiger partial charge in [0.15, 0.2) is 0 Å². The number of hydrogen-bond acceptors (Lipinski definition) is 4. The van der Waals surface area contributed by atoms with Crippen LogP contribution < -0.4 is 4.90 Å². The molecule has 34 heavy (non-hydrogen) atoms. The van der Waals surface area contributed by atoms with Crippen molar-refractivity contribution in [2.45, 2.75) is 57.5 Å². The van der Waals surface area contributed by atoms with E-state index in [0.29, 0.717) is 0 Å². The Labute approximate surface area is 203 Å². The van der Waals surface area contributed by atoms with E-state index < -0.39 is 12.1 Å². The number of nitrogens with zero attached hydrogens (tertiary/aromatic N) is 2. The molecule has 2 aromatic rings. The number of aromatic carboxylic acids is 1. The van der Waals surface area contributed by atoms with Crippen LogP contribution >= 0.6 is 0 Å². The summed E-state index contributed by atoms with van der Waals surface area (Å²) in [6.07, 6.45) is 5.20. The van der Waals surface area contributed by atoms with Crippen molar-refractivity contribution in [1.29, 1.82) is 0 Å². The Kier molecular flexibility index (Phi) is 6.63. The number of carboxylic acid groups (broad SMARTS) is 1. The minimum absolute atomic E-state index is 0.0539. The average molecular weight is 463 g/mol. The summed E-state index contributed by atoms with van der Waals surface area (Å²) < 4.78 is 0. The van der Waals surface area contributed by atoms with Crippen molar-refractivity contribution in [2.75, 3.05) is 38.1 Å². The topological polar surface area (TPSA) is 64.0 Å². The van der Waals surface area contributed by atoms with Gasteiger partial charge in [-0.15, -0.1) is 0 Å². The molecule has 1 aliphatic heterocycles. The number of aliphatic hydroxyl groups excluding tert-OH is 1. The number of aliphatic hydroxyl groups is 1. The van der Waals surface area contributed by atoms with Gasteiger partial charge in [0.2, 0.25) is 0 Å². The van der Waals surface area contributed by atoms with Crippen LogP contribution in [0.2, 0.25) is 0 Å². The lowest BCUT2D eigenvalue weighted by molar-refractivity contribution is 0.0697. The summed E-state index contributed by atoms with van der Waals surface area (Å²) in [7, 11) is 2.17. The van der Waals surface area contributed by atoms with Gasteiger partial charge in [0.25, 0.3) is 0 Å². The normalized spacial score (nSPS) is 20.8. The van der Waals surface area contributed by atoms with Gasteiger partial charge in [-0.3, -0.25) is 0 Å². The molecule has 2 aliphatic rings. The van der Waals surface area contributed by atoms with Gasteiger partial charge in [-0.1, -0.05) is 58.0 Å². The van der Waals surface area contributed by atoms with Crippen molar-refractivity contribution in [3.8, 4) is 0 Å². The van der Waals surface area contributed by atoms with Crippen molar-refractivity contribution in [3.05, 3.63) is 70.3 Å². The number of rotatable bonds is 5. The molecule has 1 heterocycles. The lowest BCUT2D eigenvalue weighted by atomic mass is 9.62. The van der Waals surface area contributed by atoms with Gasteiger partial charge in [-0.05, 0) is 71.2 Å². The van der Waals surface area contributed by atoms with Gasteiger partial charge in [0, 0.05) is 31.9 Å². The first kappa shape index (κ1) is 24.5. The molecule has 1 fully saturated rings. The Hall–Kier alpha value is -2.63. The third-order valence-corrected chi connectivity index (χ3v) is 7.73. The highest BCUT2D eigenvalue weighted by Crippen LogP contribution is 2.50. The summed E-state index contributed by atoms with van der Waals surface area (Å²) in [5, 5.41) is 20.3. The lowest BCUT2D eigenvalue weighted by Gasteiger charge is -2.46. The van der Waals surface area contributed by atoms with Gasteiger partial charge >= 0.3 is 5.97 Å². The van der Waals surface area contributed by atoms with Crippen LogP contribution in [0.5, 0.6) is 0 Å². The van der Waals surface area contributed by atoms with E-state index in [1.165, 1.54) is 16.8 Å². The number of carbonyl (C=O) groups is 1. The highest BCUT2D eigenvalue weighted by Gasteiger charge is 2.40. The van der Waals surface area contributed by atoms with Crippen molar-refractivity contribution in [1.82, 2.24) is 4.90 Å². The van der Waals surface area contributed by atoms with E-state index in [1.807, 2.05) is 6.08 Å². The van der Waals surface area contributed by atoms with Crippen LogP contribution in [0, 0.1) is 0 Å². The van der Waals surface area contributed by atoms with E-state index >= 15 is 0 Å².